The van der Waals surface area contributed by atoms with Gasteiger partial charge in [-0.15, -0.1) is 0 Å². The fourth-order valence-corrected chi connectivity index (χ4v) is 4.98. The minimum absolute atomic E-state index is 0.00816. The highest BCUT2D eigenvalue weighted by Gasteiger charge is 2.52. The van der Waals surface area contributed by atoms with Gasteiger partial charge in [-0.1, -0.05) is 39.8 Å². The Morgan fingerprint density at radius 3 is 2.57 bits per heavy atom. The van der Waals surface area contributed by atoms with Crippen molar-refractivity contribution < 1.29 is 34.1 Å². The predicted octanol–water partition coefficient (Wildman–Crippen LogP) is 3.29. The summed E-state index contributed by atoms with van der Waals surface area (Å²) in [5.41, 5.74) is 6.71. The van der Waals surface area contributed by atoms with Gasteiger partial charge in [0, 0.05) is 12.5 Å². The molecule has 0 aliphatic carbocycles. The molecule has 2 aliphatic rings. The van der Waals surface area contributed by atoms with Gasteiger partial charge in [0.2, 0.25) is 5.79 Å². The Morgan fingerprint density at radius 1 is 1.22 bits per heavy atom. The molecule has 4 N–H and O–H groups in total. The second kappa shape index (κ2) is 13.9. The maximum atomic E-state index is 13.2. The molecule has 6 atom stereocenters. The number of phenolic OH excluding ortho intramolecular Hbond substituents is 1. The van der Waals surface area contributed by atoms with Crippen molar-refractivity contribution in [2.45, 2.75) is 104 Å². The first-order valence-corrected chi connectivity index (χ1v) is 13.6. The van der Waals surface area contributed by atoms with Crippen LogP contribution in [0.2, 0.25) is 0 Å². The second-order valence-electron chi connectivity index (χ2n) is 9.85. The van der Waals surface area contributed by atoms with Crippen molar-refractivity contribution in [2.75, 3.05) is 6.54 Å². The van der Waals surface area contributed by atoms with Crippen molar-refractivity contribution >= 4 is 17.7 Å². The molecular formula is C28H44N2O7. The lowest BCUT2D eigenvalue weighted by atomic mass is 9.88. The Morgan fingerprint density at radius 2 is 1.92 bits per heavy atom. The van der Waals surface area contributed by atoms with Gasteiger partial charge >= 0.3 is 5.97 Å². The molecule has 208 valence electrons. The van der Waals surface area contributed by atoms with Crippen LogP contribution >= 0.6 is 0 Å². The molecule has 2 fully saturated rings. The fourth-order valence-electron chi connectivity index (χ4n) is 4.98. The first-order chi connectivity index (χ1) is 17.6. The molecule has 2 heterocycles. The number of ether oxygens (including phenoxy) is 2. The molecule has 9 nitrogen and oxygen atoms in total. The zero-order valence-electron chi connectivity index (χ0n) is 22.8. The van der Waals surface area contributed by atoms with Crippen LogP contribution in [0.1, 0.15) is 78.7 Å². The van der Waals surface area contributed by atoms with Crippen molar-refractivity contribution in [3.8, 4) is 5.75 Å². The van der Waals surface area contributed by atoms with Gasteiger partial charge in [0.25, 0.3) is 11.7 Å². The SMILES string of the molecule is CC.CCC(Cc1cccc(O)c1)C(C)OC(=O)C1CCCCN1C(=O)C(=O)C1(O)OC(N)CCC1C. The van der Waals surface area contributed by atoms with E-state index in [4.69, 9.17) is 15.2 Å². The summed E-state index contributed by atoms with van der Waals surface area (Å²) in [4.78, 5) is 40.6. The number of phenols is 1. The Bertz CT molecular complexity index is 924. The Hall–Kier alpha value is -2.49. The number of carbonyl (C=O) groups excluding carboxylic acids is 3. The average molecular weight is 521 g/mol. The van der Waals surface area contributed by atoms with Crippen LogP contribution < -0.4 is 5.73 Å². The summed E-state index contributed by atoms with van der Waals surface area (Å²) < 4.78 is 11.1. The van der Waals surface area contributed by atoms with Gasteiger partial charge in [-0.25, -0.2) is 4.79 Å². The third kappa shape index (κ3) is 7.52. The van der Waals surface area contributed by atoms with Crippen LogP contribution in [-0.4, -0.2) is 63.5 Å². The minimum atomic E-state index is -2.30. The largest absolute Gasteiger partial charge is 0.508 e. The molecule has 2 aliphatic heterocycles. The normalized spacial score (nSPS) is 27.3. The highest BCUT2D eigenvalue weighted by atomic mass is 16.6. The van der Waals surface area contributed by atoms with E-state index in [9.17, 15) is 24.6 Å². The molecule has 1 aromatic carbocycles. The summed E-state index contributed by atoms with van der Waals surface area (Å²) in [7, 11) is 0. The summed E-state index contributed by atoms with van der Waals surface area (Å²) in [5, 5.41) is 20.6. The highest BCUT2D eigenvalue weighted by molar-refractivity contribution is 6.39. The summed E-state index contributed by atoms with van der Waals surface area (Å²) in [6.45, 7) is 9.67. The first kappa shape index (κ1) is 30.7. The van der Waals surface area contributed by atoms with Gasteiger partial charge in [-0.3, -0.25) is 9.59 Å². The molecule has 1 aromatic rings. The molecule has 0 saturated carbocycles. The van der Waals surface area contributed by atoms with Crippen LogP contribution in [0.15, 0.2) is 24.3 Å². The van der Waals surface area contributed by atoms with Crippen LogP contribution in [-0.2, 0) is 30.3 Å². The van der Waals surface area contributed by atoms with E-state index in [1.165, 1.54) is 4.90 Å². The molecule has 3 rings (SSSR count). The standard InChI is InChI=1S/C26H38N2O7.C2H6/c1-4-19(14-18-8-7-9-20(29)15-18)17(3)34-25(32)21-10-5-6-13-28(21)24(31)23(30)26(33)16(2)11-12-22(27)35-26;1-2/h7-9,15-17,19,21-22,29,33H,4-6,10-14,27H2,1-3H3;1-2H3. The number of nitrogens with two attached hydrogens (primary N) is 1. The predicted molar refractivity (Wildman–Crippen MR) is 139 cm³/mol. The van der Waals surface area contributed by atoms with E-state index < -0.39 is 47.7 Å². The van der Waals surface area contributed by atoms with Crippen LogP contribution in [0.4, 0.5) is 0 Å². The molecule has 2 saturated heterocycles. The van der Waals surface area contributed by atoms with E-state index in [2.05, 4.69) is 0 Å². The van der Waals surface area contributed by atoms with Crippen molar-refractivity contribution in [1.29, 1.82) is 0 Å². The number of Topliss-reactive ketones (excluding diaryl/α,β-unsaturated/α-hetero) is 1. The zero-order valence-corrected chi connectivity index (χ0v) is 22.8. The monoisotopic (exact) mass is 520 g/mol. The number of carbonyl (C=O) groups is 3. The molecule has 9 heteroatoms. The van der Waals surface area contributed by atoms with Crippen molar-refractivity contribution in [3.05, 3.63) is 29.8 Å². The van der Waals surface area contributed by atoms with E-state index in [-0.39, 0.29) is 18.2 Å². The number of esters is 1. The Kier molecular flexibility index (Phi) is 11.5. The number of ketones is 1. The van der Waals surface area contributed by atoms with E-state index in [1.54, 1.807) is 25.1 Å². The number of aromatic hydroxyl groups is 1. The third-order valence-electron chi connectivity index (χ3n) is 7.34. The molecule has 6 unspecified atom stereocenters. The smallest absolute Gasteiger partial charge is 0.329 e. The molecule has 0 aromatic heterocycles. The quantitative estimate of drug-likeness (QED) is 0.350. The number of benzene rings is 1. The van der Waals surface area contributed by atoms with Crippen LogP contribution in [0.3, 0.4) is 0 Å². The van der Waals surface area contributed by atoms with Gasteiger partial charge in [0.1, 0.15) is 24.1 Å². The zero-order chi connectivity index (χ0) is 27.8. The number of piperidine rings is 1. The number of rotatable bonds is 8. The number of nitrogens with zero attached hydrogens (tertiary/aromatic N) is 1. The molecule has 1 amide bonds. The van der Waals surface area contributed by atoms with Crippen LogP contribution in [0.5, 0.6) is 5.75 Å². The summed E-state index contributed by atoms with van der Waals surface area (Å²) in [6.07, 6.45) is 2.74. The second-order valence-corrected chi connectivity index (χ2v) is 9.85. The van der Waals surface area contributed by atoms with Crippen molar-refractivity contribution in [3.63, 3.8) is 0 Å². The molecule has 0 spiro atoms. The lowest BCUT2D eigenvalue weighted by Gasteiger charge is -2.41. The maximum Gasteiger partial charge on any atom is 0.329 e. The molecular weight excluding hydrogens is 476 g/mol. The Balaban J connectivity index is 0.00000235. The number of amides is 1. The van der Waals surface area contributed by atoms with Crippen molar-refractivity contribution in [1.82, 2.24) is 4.90 Å². The first-order valence-electron chi connectivity index (χ1n) is 13.6. The van der Waals surface area contributed by atoms with E-state index in [0.717, 1.165) is 12.0 Å². The van der Waals surface area contributed by atoms with E-state index in [1.807, 2.05) is 33.8 Å². The van der Waals surface area contributed by atoms with E-state index >= 15 is 0 Å². The summed E-state index contributed by atoms with van der Waals surface area (Å²) in [6, 6.07) is 6.07. The topological polar surface area (TPSA) is 139 Å². The fraction of sp³-hybridized carbons (Fsp3) is 0.679. The molecule has 0 radical (unpaired) electrons. The van der Waals surface area contributed by atoms with Crippen LogP contribution in [0.25, 0.3) is 0 Å². The van der Waals surface area contributed by atoms with Gasteiger partial charge in [0.05, 0.1) is 0 Å². The van der Waals surface area contributed by atoms with Gasteiger partial charge in [0.15, 0.2) is 0 Å². The number of hydrogen-bond acceptors (Lipinski definition) is 8. The van der Waals surface area contributed by atoms with Crippen LogP contribution in [0, 0.1) is 11.8 Å². The van der Waals surface area contributed by atoms with Crippen molar-refractivity contribution in [2.24, 2.45) is 17.6 Å². The summed E-state index contributed by atoms with van der Waals surface area (Å²) >= 11 is 0. The van der Waals surface area contributed by atoms with E-state index in [0.29, 0.717) is 38.5 Å². The molecule has 0 bridgehead atoms. The molecule has 37 heavy (non-hydrogen) atoms. The lowest BCUT2D eigenvalue weighted by Crippen LogP contribution is -2.61. The van der Waals surface area contributed by atoms with Gasteiger partial charge in [-0.2, -0.15) is 0 Å². The number of aliphatic hydroxyl groups is 1. The summed E-state index contributed by atoms with van der Waals surface area (Å²) in [5.74, 6) is -5.32. The van der Waals surface area contributed by atoms with Gasteiger partial charge < -0.3 is 30.3 Å². The third-order valence-corrected chi connectivity index (χ3v) is 7.34. The highest BCUT2D eigenvalue weighted by Crippen LogP contribution is 2.33. The van der Waals surface area contributed by atoms with Gasteiger partial charge in [-0.05, 0) is 75.5 Å². The average Bonchev–Trinajstić information content (AvgIpc) is 2.89. The number of hydrogen-bond donors (Lipinski definition) is 3. The number of likely N-dealkylation sites (tertiary alicyclic amines) is 1. The lowest BCUT2D eigenvalue weighted by molar-refractivity contribution is -0.261. The minimum Gasteiger partial charge on any atom is -0.508 e. The maximum absolute atomic E-state index is 13.2. The Labute approximate surface area is 220 Å².